The van der Waals surface area contributed by atoms with Crippen molar-refractivity contribution in [2.45, 2.75) is 32.3 Å². The van der Waals surface area contributed by atoms with E-state index in [0.29, 0.717) is 12.2 Å². The Balaban J connectivity index is 0.000000279. The number of hydrogen-bond acceptors (Lipinski definition) is 6. The number of carbonyl (C=O) groups excluding carboxylic acids is 1. The highest BCUT2D eigenvalue weighted by Crippen LogP contribution is 2.37. The van der Waals surface area contributed by atoms with Gasteiger partial charge in [0.2, 0.25) is 0 Å². The van der Waals surface area contributed by atoms with Crippen molar-refractivity contribution >= 4 is 34.5 Å². The normalized spacial score (nSPS) is 15.5. The first kappa shape index (κ1) is 19.9. The van der Waals surface area contributed by atoms with Gasteiger partial charge < -0.3 is 20.7 Å². The Morgan fingerprint density at radius 2 is 1.81 bits per heavy atom. The van der Waals surface area contributed by atoms with Crippen LogP contribution in [0, 0.1) is 0 Å². The Kier molecular flexibility index (Phi) is 6.48. The minimum Gasteiger partial charge on any atom is -0.478 e. The Bertz CT molecular complexity index is 890. The van der Waals surface area contributed by atoms with E-state index in [1.807, 2.05) is 24.3 Å². The highest BCUT2D eigenvalue weighted by Gasteiger charge is 2.26. The molecule has 0 spiro atoms. The van der Waals surface area contributed by atoms with E-state index in [0.717, 1.165) is 47.1 Å². The van der Waals surface area contributed by atoms with Gasteiger partial charge in [0.1, 0.15) is 6.10 Å². The lowest BCUT2D eigenvalue weighted by Gasteiger charge is -2.25. The monoisotopic (exact) mass is 372 g/mol. The number of aromatic nitrogens is 1. The molecular formula is C19H20N2O6. The lowest BCUT2D eigenvalue weighted by Crippen LogP contribution is -2.18. The summed E-state index contributed by atoms with van der Waals surface area (Å²) < 4.78 is 5.36. The number of nitrogen functional groups attached to an aromatic ring is 1. The van der Waals surface area contributed by atoms with Crippen LogP contribution < -0.4 is 5.73 Å². The summed E-state index contributed by atoms with van der Waals surface area (Å²) in [4.78, 5) is 35.0. The molecule has 1 atom stereocenters. The molecule has 0 saturated carbocycles. The van der Waals surface area contributed by atoms with E-state index in [1.54, 1.807) is 0 Å². The summed E-state index contributed by atoms with van der Waals surface area (Å²) >= 11 is 0. The van der Waals surface area contributed by atoms with Crippen LogP contribution >= 0.6 is 0 Å². The van der Waals surface area contributed by atoms with Gasteiger partial charge in [-0.1, -0.05) is 18.2 Å². The van der Waals surface area contributed by atoms with Gasteiger partial charge in [-0.15, -0.1) is 0 Å². The largest absolute Gasteiger partial charge is 0.478 e. The fourth-order valence-electron chi connectivity index (χ4n) is 2.88. The third kappa shape index (κ3) is 5.27. The number of para-hydroxylation sites is 1. The standard InChI is InChI=1S/C15H16N2O2.C4H4O4/c1-9(18)19-13-8-4-6-11-14(16)10-5-2-3-7-12(10)17-15(11)13;5-3(6)1-2-4(7)8/h2-3,5,7,13H,4,6,8H2,1H3,(H2,16,17);1-2H,(H,5,6)(H,7,8). The van der Waals surface area contributed by atoms with Crippen LogP contribution in [0.3, 0.4) is 0 Å². The average Bonchev–Trinajstić information content (AvgIpc) is 2.61. The number of benzene rings is 1. The first-order chi connectivity index (χ1) is 12.8. The van der Waals surface area contributed by atoms with Crippen molar-refractivity contribution in [1.82, 2.24) is 4.98 Å². The quantitative estimate of drug-likeness (QED) is 0.551. The SMILES string of the molecule is CC(=O)OC1CCCc2c1nc1ccccc1c2N.O=C(O)C=CC(=O)O. The minimum absolute atomic E-state index is 0.256. The predicted molar refractivity (Wildman–Crippen MR) is 98.0 cm³/mol. The number of carboxylic acids is 2. The van der Waals surface area contributed by atoms with Crippen molar-refractivity contribution in [2.75, 3.05) is 5.73 Å². The number of anilines is 1. The third-order valence-electron chi connectivity index (χ3n) is 3.94. The van der Waals surface area contributed by atoms with Crippen LogP contribution in [0.15, 0.2) is 36.4 Å². The molecule has 1 aromatic heterocycles. The number of nitrogens with zero attached hydrogens (tertiary/aromatic N) is 1. The van der Waals surface area contributed by atoms with Crippen molar-refractivity contribution in [3.8, 4) is 0 Å². The molecule has 1 heterocycles. The van der Waals surface area contributed by atoms with Crippen molar-refractivity contribution in [3.05, 3.63) is 47.7 Å². The summed E-state index contributed by atoms with van der Waals surface area (Å²) in [5.41, 5.74) is 9.76. The Hall–Kier alpha value is -3.42. The van der Waals surface area contributed by atoms with E-state index < -0.39 is 11.9 Å². The summed E-state index contributed by atoms with van der Waals surface area (Å²) in [7, 11) is 0. The number of rotatable bonds is 3. The zero-order valence-electron chi connectivity index (χ0n) is 14.7. The first-order valence-electron chi connectivity index (χ1n) is 8.27. The molecule has 1 unspecified atom stereocenters. The average molecular weight is 372 g/mol. The molecule has 27 heavy (non-hydrogen) atoms. The van der Waals surface area contributed by atoms with Crippen molar-refractivity contribution in [2.24, 2.45) is 0 Å². The number of carbonyl (C=O) groups is 3. The van der Waals surface area contributed by atoms with E-state index >= 15 is 0 Å². The van der Waals surface area contributed by atoms with Gasteiger partial charge in [0.25, 0.3) is 0 Å². The zero-order valence-corrected chi connectivity index (χ0v) is 14.7. The topological polar surface area (TPSA) is 140 Å². The molecule has 3 rings (SSSR count). The second kappa shape index (κ2) is 8.79. The second-order valence-electron chi connectivity index (χ2n) is 5.91. The molecule has 1 aliphatic carbocycles. The van der Waals surface area contributed by atoms with Gasteiger partial charge in [0.05, 0.1) is 11.2 Å². The molecule has 0 bridgehead atoms. The van der Waals surface area contributed by atoms with Gasteiger partial charge in [0, 0.05) is 35.7 Å². The van der Waals surface area contributed by atoms with E-state index in [-0.39, 0.29) is 12.1 Å². The number of carboxylic acid groups (broad SMARTS) is 2. The molecule has 142 valence electrons. The molecule has 0 amide bonds. The van der Waals surface area contributed by atoms with Crippen LogP contribution in [0.5, 0.6) is 0 Å². The fourth-order valence-corrected chi connectivity index (χ4v) is 2.88. The molecule has 8 nitrogen and oxygen atoms in total. The van der Waals surface area contributed by atoms with Crippen molar-refractivity contribution in [1.29, 1.82) is 0 Å². The summed E-state index contributed by atoms with van der Waals surface area (Å²) in [6.07, 6.45) is 3.54. The minimum atomic E-state index is -1.26. The van der Waals surface area contributed by atoms with E-state index in [9.17, 15) is 14.4 Å². The molecule has 0 fully saturated rings. The zero-order chi connectivity index (χ0) is 20.0. The number of esters is 1. The Morgan fingerprint density at radius 1 is 1.19 bits per heavy atom. The smallest absolute Gasteiger partial charge is 0.328 e. The third-order valence-corrected chi connectivity index (χ3v) is 3.94. The second-order valence-corrected chi connectivity index (χ2v) is 5.91. The highest BCUT2D eigenvalue weighted by molar-refractivity contribution is 5.92. The summed E-state index contributed by atoms with van der Waals surface area (Å²) in [6, 6.07) is 7.81. The van der Waals surface area contributed by atoms with Crippen LogP contribution in [0.2, 0.25) is 0 Å². The van der Waals surface area contributed by atoms with E-state index in [4.69, 9.17) is 20.7 Å². The van der Waals surface area contributed by atoms with Gasteiger partial charge in [-0.3, -0.25) is 4.79 Å². The van der Waals surface area contributed by atoms with Crippen LogP contribution in [-0.2, 0) is 25.5 Å². The van der Waals surface area contributed by atoms with Crippen LogP contribution in [0.1, 0.15) is 37.1 Å². The van der Waals surface area contributed by atoms with Crippen molar-refractivity contribution < 1.29 is 29.3 Å². The van der Waals surface area contributed by atoms with Crippen molar-refractivity contribution in [3.63, 3.8) is 0 Å². The van der Waals surface area contributed by atoms with Gasteiger partial charge in [-0.2, -0.15) is 0 Å². The van der Waals surface area contributed by atoms with Gasteiger partial charge >= 0.3 is 17.9 Å². The molecule has 1 aromatic carbocycles. The molecule has 1 aliphatic rings. The molecule has 4 N–H and O–H groups in total. The fraction of sp³-hybridized carbons (Fsp3) is 0.263. The lowest BCUT2D eigenvalue weighted by atomic mass is 9.91. The van der Waals surface area contributed by atoms with Gasteiger partial charge in [0.15, 0.2) is 0 Å². The maximum atomic E-state index is 11.2. The maximum Gasteiger partial charge on any atom is 0.328 e. The van der Waals surface area contributed by atoms with Gasteiger partial charge in [-0.05, 0) is 25.3 Å². The van der Waals surface area contributed by atoms with Crippen LogP contribution in [0.4, 0.5) is 5.69 Å². The Morgan fingerprint density at radius 3 is 2.41 bits per heavy atom. The number of pyridine rings is 1. The van der Waals surface area contributed by atoms with Crippen LogP contribution in [-0.4, -0.2) is 33.1 Å². The molecule has 0 radical (unpaired) electrons. The van der Waals surface area contributed by atoms with Crippen LogP contribution in [0.25, 0.3) is 10.9 Å². The Labute approximate surface area is 155 Å². The summed E-state index contributed by atoms with van der Waals surface area (Å²) in [5.74, 6) is -2.79. The number of ether oxygens (including phenoxy) is 1. The molecule has 0 aliphatic heterocycles. The summed E-state index contributed by atoms with van der Waals surface area (Å²) in [6.45, 7) is 1.43. The van der Waals surface area contributed by atoms with Gasteiger partial charge in [-0.25, -0.2) is 14.6 Å². The first-order valence-corrected chi connectivity index (χ1v) is 8.27. The number of nitrogens with two attached hydrogens (primary N) is 1. The number of aliphatic carboxylic acids is 2. The highest BCUT2D eigenvalue weighted by atomic mass is 16.5. The summed E-state index contributed by atoms with van der Waals surface area (Å²) in [5, 5.41) is 16.6. The maximum absolute atomic E-state index is 11.2. The lowest BCUT2D eigenvalue weighted by molar-refractivity contribution is -0.147. The molecular weight excluding hydrogens is 352 g/mol. The molecule has 0 saturated heterocycles. The molecule has 2 aromatic rings. The number of hydrogen-bond donors (Lipinski definition) is 3. The molecule has 8 heteroatoms. The van der Waals surface area contributed by atoms with E-state index in [1.165, 1.54) is 6.92 Å². The number of fused-ring (bicyclic) bond motifs is 2. The van der Waals surface area contributed by atoms with E-state index in [2.05, 4.69) is 4.98 Å². The predicted octanol–water partition coefficient (Wildman–Crippen LogP) is 2.47.